The van der Waals surface area contributed by atoms with Gasteiger partial charge in [-0.1, -0.05) is 6.07 Å². The Bertz CT molecular complexity index is 404. The second kappa shape index (κ2) is 5.93. The lowest BCUT2D eigenvalue weighted by Crippen LogP contribution is -2.19. The van der Waals surface area contributed by atoms with Gasteiger partial charge in [-0.05, 0) is 24.8 Å². The van der Waals surface area contributed by atoms with E-state index in [2.05, 4.69) is 5.32 Å². The van der Waals surface area contributed by atoms with Crippen molar-refractivity contribution in [1.82, 2.24) is 5.32 Å². The van der Waals surface area contributed by atoms with Gasteiger partial charge in [0.05, 0.1) is 6.61 Å². The van der Waals surface area contributed by atoms with Crippen molar-refractivity contribution in [3.63, 3.8) is 0 Å². The molecule has 1 aromatic rings. The standard InChI is InChI=1S/C13H19NO4/c15-11-4-3-10(12(16)13(11)17)7-14-5-6-18-8-9-1-2-9/h3-4,9,14-17H,1-2,5-8H2. The van der Waals surface area contributed by atoms with E-state index in [0.717, 1.165) is 12.5 Å². The van der Waals surface area contributed by atoms with Gasteiger partial charge >= 0.3 is 0 Å². The summed E-state index contributed by atoms with van der Waals surface area (Å²) in [4.78, 5) is 0. The molecule has 1 fully saturated rings. The summed E-state index contributed by atoms with van der Waals surface area (Å²) in [6.45, 7) is 2.59. The minimum Gasteiger partial charge on any atom is -0.504 e. The molecule has 1 aromatic carbocycles. The van der Waals surface area contributed by atoms with Gasteiger partial charge in [0, 0.05) is 25.3 Å². The van der Waals surface area contributed by atoms with Crippen molar-refractivity contribution in [2.75, 3.05) is 19.8 Å². The number of phenolic OH excluding ortho intramolecular Hbond substituents is 3. The molecule has 0 heterocycles. The van der Waals surface area contributed by atoms with Crippen LogP contribution in [0.3, 0.4) is 0 Å². The van der Waals surface area contributed by atoms with Crippen LogP contribution in [0.4, 0.5) is 0 Å². The van der Waals surface area contributed by atoms with Crippen molar-refractivity contribution >= 4 is 0 Å². The van der Waals surface area contributed by atoms with Crippen LogP contribution in [-0.2, 0) is 11.3 Å². The van der Waals surface area contributed by atoms with Crippen LogP contribution in [0.15, 0.2) is 12.1 Å². The van der Waals surface area contributed by atoms with Crippen LogP contribution in [0.25, 0.3) is 0 Å². The van der Waals surface area contributed by atoms with E-state index in [1.807, 2.05) is 0 Å². The first kappa shape index (κ1) is 13.0. The third-order valence-electron chi connectivity index (χ3n) is 3.00. The van der Waals surface area contributed by atoms with E-state index in [1.54, 1.807) is 6.07 Å². The number of phenols is 3. The highest BCUT2D eigenvalue weighted by molar-refractivity contribution is 5.52. The smallest absolute Gasteiger partial charge is 0.200 e. The molecule has 0 saturated heterocycles. The Kier molecular flexibility index (Phi) is 4.28. The number of rotatable bonds is 7. The SMILES string of the molecule is Oc1ccc(CNCCOCC2CC2)c(O)c1O. The van der Waals surface area contributed by atoms with Gasteiger partial charge in [-0.25, -0.2) is 0 Å². The first-order valence-electron chi connectivity index (χ1n) is 6.19. The summed E-state index contributed by atoms with van der Waals surface area (Å²) in [5, 5.41) is 31.2. The van der Waals surface area contributed by atoms with Crippen LogP contribution in [0, 0.1) is 5.92 Å². The molecule has 0 aromatic heterocycles. The Balaban J connectivity index is 1.67. The predicted molar refractivity (Wildman–Crippen MR) is 66.7 cm³/mol. The van der Waals surface area contributed by atoms with E-state index in [0.29, 0.717) is 25.3 Å². The van der Waals surface area contributed by atoms with Crippen molar-refractivity contribution in [1.29, 1.82) is 0 Å². The minimum absolute atomic E-state index is 0.276. The first-order valence-corrected chi connectivity index (χ1v) is 6.19. The van der Waals surface area contributed by atoms with Gasteiger partial charge in [0.2, 0.25) is 5.75 Å². The molecule has 18 heavy (non-hydrogen) atoms. The molecular formula is C13H19NO4. The zero-order valence-electron chi connectivity index (χ0n) is 10.2. The Labute approximate surface area is 106 Å². The summed E-state index contributed by atoms with van der Waals surface area (Å²) in [5.41, 5.74) is 0.549. The van der Waals surface area contributed by atoms with Crippen molar-refractivity contribution in [2.24, 2.45) is 5.92 Å². The van der Waals surface area contributed by atoms with Gasteiger partial charge in [0.15, 0.2) is 11.5 Å². The molecule has 0 unspecified atom stereocenters. The third kappa shape index (κ3) is 3.51. The van der Waals surface area contributed by atoms with E-state index >= 15 is 0 Å². The van der Waals surface area contributed by atoms with Gasteiger partial charge in [-0.3, -0.25) is 0 Å². The molecular weight excluding hydrogens is 234 g/mol. The number of ether oxygens (including phenoxy) is 1. The highest BCUT2D eigenvalue weighted by Crippen LogP contribution is 2.36. The van der Waals surface area contributed by atoms with Crippen molar-refractivity contribution in [3.8, 4) is 17.2 Å². The number of nitrogens with one attached hydrogen (secondary N) is 1. The molecule has 0 atom stereocenters. The summed E-state index contributed by atoms with van der Waals surface area (Å²) >= 11 is 0. The second-order valence-corrected chi connectivity index (χ2v) is 4.64. The van der Waals surface area contributed by atoms with Crippen LogP contribution in [-0.4, -0.2) is 35.1 Å². The highest BCUT2D eigenvalue weighted by atomic mass is 16.5. The predicted octanol–water partition coefficient (Wildman–Crippen LogP) is 1.32. The van der Waals surface area contributed by atoms with E-state index in [9.17, 15) is 15.3 Å². The molecule has 2 rings (SSSR count). The van der Waals surface area contributed by atoms with Crippen LogP contribution >= 0.6 is 0 Å². The second-order valence-electron chi connectivity index (χ2n) is 4.64. The van der Waals surface area contributed by atoms with Gasteiger partial charge in [0.1, 0.15) is 0 Å². The van der Waals surface area contributed by atoms with Crippen LogP contribution in [0.2, 0.25) is 0 Å². The summed E-state index contributed by atoms with van der Waals surface area (Å²) in [7, 11) is 0. The molecule has 1 aliphatic carbocycles. The number of hydrogen-bond acceptors (Lipinski definition) is 5. The number of hydrogen-bond donors (Lipinski definition) is 4. The summed E-state index contributed by atoms with van der Waals surface area (Å²) in [5.74, 6) is -0.298. The van der Waals surface area contributed by atoms with Crippen LogP contribution in [0.1, 0.15) is 18.4 Å². The Morgan fingerprint density at radius 3 is 2.67 bits per heavy atom. The first-order chi connectivity index (χ1) is 8.68. The fourth-order valence-electron chi connectivity index (χ4n) is 1.66. The maximum absolute atomic E-state index is 9.58. The molecule has 100 valence electrons. The molecule has 4 N–H and O–H groups in total. The summed E-state index contributed by atoms with van der Waals surface area (Å²) in [6, 6.07) is 2.93. The van der Waals surface area contributed by atoms with E-state index in [4.69, 9.17) is 4.74 Å². The maximum Gasteiger partial charge on any atom is 0.200 e. The zero-order chi connectivity index (χ0) is 13.0. The lowest BCUT2D eigenvalue weighted by molar-refractivity contribution is 0.126. The van der Waals surface area contributed by atoms with Crippen LogP contribution < -0.4 is 5.32 Å². The molecule has 1 aliphatic rings. The summed E-state index contributed by atoms with van der Waals surface area (Å²) in [6.07, 6.45) is 2.57. The molecule has 5 nitrogen and oxygen atoms in total. The van der Waals surface area contributed by atoms with Crippen molar-refractivity contribution < 1.29 is 20.1 Å². The normalized spacial score (nSPS) is 14.9. The molecule has 0 spiro atoms. The largest absolute Gasteiger partial charge is 0.504 e. The molecule has 1 saturated carbocycles. The van der Waals surface area contributed by atoms with Crippen molar-refractivity contribution in [3.05, 3.63) is 17.7 Å². The van der Waals surface area contributed by atoms with Gasteiger partial charge in [-0.15, -0.1) is 0 Å². The van der Waals surface area contributed by atoms with Gasteiger partial charge in [-0.2, -0.15) is 0 Å². The van der Waals surface area contributed by atoms with Crippen LogP contribution in [0.5, 0.6) is 17.2 Å². The zero-order valence-corrected chi connectivity index (χ0v) is 10.2. The molecule has 0 amide bonds. The number of aromatic hydroxyl groups is 3. The molecule has 0 aliphatic heterocycles. The molecule has 5 heteroatoms. The Hall–Kier alpha value is -1.46. The molecule has 0 bridgehead atoms. The minimum atomic E-state index is -0.473. The van der Waals surface area contributed by atoms with E-state index in [-0.39, 0.29) is 11.5 Å². The lowest BCUT2D eigenvalue weighted by atomic mass is 10.1. The monoisotopic (exact) mass is 253 g/mol. The fourth-order valence-corrected chi connectivity index (χ4v) is 1.66. The van der Waals surface area contributed by atoms with Gasteiger partial charge < -0.3 is 25.4 Å². The van der Waals surface area contributed by atoms with E-state index in [1.165, 1.54) is 18.9 Å². The topological polar surface area (TPSA) is 82.0 Å². The highest BCUT2D eigenvalue weighted by Gasteiger charge is 2.20. The quantitative estimate of drug-likeness (QED) is 0.435. The average molecular weight is 253 g/mol. The number of benzene rings is 1. The third-order valence-corrected chi connectivity index (χ3v) is 3.00. The Morgan fingerprint density at radius 1 is 1.17 bits per heavy atom. The van der Waals surface area contributed by atoms with Gasteiger partial charge in [0.25, 0.3) is 0 Å². The average Bonchev–Trinajstić information content (AvgIpc) is 3.17. The maximum atomic E-state index is 9.58. The lowest BCUT2D eigenvalue weighted by Gasteiger charge is -2.09. The molecule has 0 radical (unpaired) electrons. The van der Waals surface area contributed by atoms with Crippen molar-refractivity contribution in [2.45, 2.75) is 19.4 Å². The van der Waals surface area contributed by atoms with E-state index < -0.39 is 5.75 Å². The summed E-state index contributed by atoms with van der Waals surface area (Å²) < 4.78 is 5.45. The fraction of sp³-hybridized carbons (Fsp3) is 0.538. The Morgan fingerprint density at radius 2 is 1.94 bits per heavy atom.